The SMILES string of the molecule is CC(C)(C)NC(=O)CNC(=O)COc1ccc2ccccc2c1Br. The Bertz CT molecular complexity index is 754. The first kappa shape index (κ1) is 18.3. The molecule has 2 aromatic rings. The summed E-state index contributed by atoms with van der Waals surface area (Å²) in [6.07, 6.45) is 0. The minimum Gasteiger partial charge on any atom is -0.483 e. The molecule has 2 amide bonds. The molecule has 0 fully saturated rings. The van der Waals surface area contributed by atoms with Gasteiger partial charge in [-0.2, -0.15) is 0 Å². The van der Waals surface area contributed by atoms with Gasteiger partial charge in [-0.1, -0.05) is 30.3 Å². The monoisotopic (exact) mass is 392 g/mol. The quantitative estimate of drug-likeness (QED) is 0.821. The lowest BCUT2D eigenvalue weighted by Crippen LogP contribution is -2.46. The van der Waals surface area contributed by atoms with Crippen LogP contribution in [0.5, 0.6) is 5.75 Å². The van der Waals surface area contributed by atoms with Crippen molar-refractivity contribution in [3.63, 3.8) is 0 Å². The van der Waals surface area contributed by atoms with Gasteiger partial charge in [-0.05, 0) is 53.5 Å². The first-order valence-electron chi connectivity index (χ1n) is 7.64. The number of benzene rings is 2. The van der Waals surface area contributed by atoms with Crippen LogP contribution < -0.4 is 15.4 Å². The summed E-state index contributed by atoms with van der Waals surface area (Å²) in [7, 11) is 0. The van der Waals surface area contributed by atoms with E-state index < -0.39 is 0 Å². The number of nitrogens with one attached hydrogen (secondary N) is 2. The maximum Gasteiger partial charge on any atom is 0.258 e. The van der Waals surface area contributed by atoms with Gasteiger partial charge in [-0.15, -0.1) is 0 Å². The molecule has 5 nitrogen and oxygen atoms in total. The van der Waals surface area contributed by atoms with E-state index in [2.05, 4.69) is 26.6 Å². The van der Waals surface area contributed by atoms with E-state index in [1.807, 2.05) is 57.2 Å². The first-order chi connectivity index (χ1) is 11.3. The van der Waals surface area contributed by atoms with Crippen molar-refractivity contribution in [3.8, 4) is 5.75 Å². The van der Waals surface area contributed by atoms with Crippen molar-refractivity contribution in [2.45, 2.75) is 26.3 Å². The Morgan fingerprint density at radius 1 is 1.08 bits per heavy atom. The smallest absolute Gasteiger partial charge is 0.258 e. The Morgan fingerprint density at radius 3 is 2.50 bits per heavy atom. The fourth-order valence-corrected chi connectivity index (χ4v) is 2.77. The molecule has 2 N–H and O–H groups in total. The van der Waals surface area contributed by atoms with Crippen LogP contribution in [0.15, 0.2) is 40.9 Å². The Morgan fingerprint density at radius 2 is 1.79 bits per heavy atom. The highest BCUT2D eigenvalue weighted by molar-refractivity contribution is 9.10. The Kier molecular flexibility index (Phi) is 5.83. The summed E-state index contributed by atoms with van der Waals surface area (Å²) < 4.78 is 6.35. The molecule has 0 aliphatic heterocycles. The van der Waals surface area contributed by atoms with E-state index in [1.165, 1.54) is 0 Å². The van der Waals surface area contributed by atoms with Gasteiger partial charge in [0.05, 0.1) is 11.0 Å². The van der Waals surface area contributed by atoms with Crippen molar-refractivity contribution >= 4 is 38.5 Å². The van der Waals surface area contributed by atoms with Crippen LogP contribution >= 0.6 is 15.9 Å². The van der Waals surface area contributed by atoms with Gasteiger partial charge in [0.15, 0.2) is 6.61 Å². The molecule has 0 unspecified atom stereocenters. The van der Waals surface area contributed by atoms with E-state index in [1.54, 1.807) is 0 Å². The number of carbonyl (C=O) groups excluding carboxylic acids is 2. The van der Waals surface area contributed by atoms with Crippen LogP contribution in [-0.4, -0.2) is 30.5 Å². The third-order valence-electron chi connectivity index (χ3n) is 3.15. The van der Waals surface area contributed by atoms with Crippen LogP contribution in [0.25, 0.3) is 10.8 Å². The molecule has 24 heavy (non-hydrogen) atoms. The number of fused-ring (bicyclic) bond motifs is 1. The highest BCUT2D eigenvalue weighted by atomic mass is 79.9. The molecule has 0 aromatic heterocycles. The standard InChI is InChI=1S/C18H21BrN2O3/c1-18(2,3)21-15(22)10-20-16(23)11-24-14-9-8-12-6-4-5-7-13(12)17(14)19/h4-9H,10-11H2,1-3H3,(H,20,23)(H,21,22). The van der Waals surface area contributed by atoms with Gasteiger partial charge in [0, 0.05) is 5.54 Å². The summed E-state index contributed by atoms with van der Waals surface area (Å²) in [5.41, 5.74) is -0.325. The van der Waals surface area contributed by atoms with Gasteiger partial charge < -0.3 is 15.4 Å². The molecule has 0 aliphatic rings. The predicted molar refractivity (Wildman–Crippen MR) is 98.0 cm³/mol. The molecule has 0 radical (unpaired) electrons. The summed E-state index contributed by atoms with van der Waals surface area (Å²) in [4.78, 5) is 23.5. The first-order valence-corrected chi connectivity index (χ1v) is 8.43. The minimum absolute atomic E-state index is 0.0711. The van der Waals surface area contributed by atoms with E-state index in [0.29, 0.717) is 5.75 Å². The topological polar surface area (TPSA) is 67.4 Å². The summed E-state index contributed by atoms with van der Waals surface area (Å²) in [5, 5.41) is 7.41. The van der Waals surface area contributed by atoms with E-state index in [-0.39, 0.29) is 30.5 Å². The predicted octanol–water partition coefficient (Wildman–Crippen LogP) is 3.01. The van der Waals surface area contributed by atoms with E-state index in [0.717, 1.165) is 15.2 Å². The summed E-state index contributed by atoms with van der Waals surface area (Å²) in [6, 6.07) is 11.6. The number of carbonyl (C=O) groups is 2. The summed E-state index contributed by atoms with van der Waals surface area (Å²) in [5.74, 6) is 0.00449. The second-order valence-corrected chi connectivity index (χ2v) is 7.26. The molecule has 0 atom stereocenters. The second-order valence-electron chi connectivity index (χ2n) is 6.46. The van der Waals surface area contributed by atoms with Crippen LogP contribution in [0, 0.1) is 0 Å². The molecule has 6 heteroatoms. The van der Waals surface area contributed by atoms with Gasteiger partial charge in [-0.25, -0.2) is 0 Å². The number of rotatable bonds is 5. The third kappa shape index (κ3) is 5.23. The van der Waals surface area contributed by atoms with Crippen LogP contribution in [0.4, 0.5) is 0 Å². The van der Waals surface area contributed by atoms with Crippen molar-refractivity contribution in [2.75, 3.05) is 13.2 Å². The Balaban J connectivity index is 1.88. The fraction of sp³-hybridized carbons (Fsp3) is 0.333. The Hall–Kier alpha value is -2.08. The van der Waals surface area contributed by atoms with Crippen molar-refractivity contribution < 1.29 is 14.3 Å². The van der Waals surface area contributed by atoms with E-state index in [9.17, 15) is 9.59 Å². The number of amides is 2. The van der Waals surface area contributed by atoms with Crippen molar-refractivity contribution in [3.05, 3.63) is 40.9 Å². The highest BCUT2D eigenvalue weighted by Gasteiger charge is 2.14. The molecule has 2 aromatic carbocycles. The number of hydrogen-bond donors (Lipinski definition) is 2. The third-order valence-corrected chi connectivity index (χ3v) is 3.97. The van der Waals surface area contributed by atoms with Gasteiger partial charge in [0.25, 0.3) is 5.91 Å². The van der Waals surface area contributed by atoms with Gasteiger partial charge >= 0.3 is 0 Å². The average Bonchev–Trinajstić information content (AvgIpc) is 2.51. The van der Waals surface area contributed by atoms with Crippen molar-refractivity contribution in [1.82, 2.24) is 10.6 Å². The lowest BCUT2D eigenvalue weighted by atomic mass is 10.1. The van der Waals surface area contributed by atoms with Gasteiger partial charge in [0.2, 0.25) is 5.91 Å². The fourth-order valence-electron chi connectivity index (χ4n) is 2.16. The molecule has 0 spiro atoms. The molecule has 2 rings (SSSR count). The molecule has 128 valence electrons. The summed E-state index contributed by atoms with van der Waals surface area (Å²) >= 11 is 3.51. The van der Waals surface area contributed by atoms with Crippen molar-refractivity contribution in [1.29, 1.82) is 0 Å². The van der Waals surface area contributed by atoms with Crippen LogP contribution in [0.1, 0.15) is 20.8 Å². The molecular weight excluding hydrogens is 372 g/mol. The van der Waals surface area contributed by atoms with Crippen LogP contribution in [-0.2, 0) is 9.59 Å². The normalized spacial score (nSPS) is 11.2. The highest BCUT2D eigenvalue weighted by Crippen LogP contribution is 2.32. The maximum atomic E-state index is 11.8. The molecule has 0 heterocycles. The zero-order valence-corrected chi connectivity index (χ0v) is 15.6. The van der Waals surface area contributed by atoms with Gasteiger partial charge in [0.1, 0.15) is 5.75 Å². The van der Waals surface area contributed by atoms with E-state index in [4.69, 9.17) is 4.74 Å². The number of ether oxygens (including phenoxy) is 1. The molecule has 0 bridgehead atoms. The zero-order chi connectivity index (χ0) is 17.7. The molecule has 0 saturated heterocycles. The van der Waals surface area contributed by atoms with Crippen LogP contribution in [0.2, 0.25) is 0 Å². The lowest BCUT2D eigenvalue weighted by molar-refractivity contribution is -0.127. The lowest BCUT2D eigenvalue weighted by Gasteiger charge is -2.20. The maximum absolute atomic E-state index is 11.8. The Labute approximate surface area is 149 Å². The second kappa shape index (κ2) is 7.66. The van der Waals surface area contributed by atoms with Gasteiger partial charge in [-0.3, -0.25) is 9.59 Å². The van der Waals surface area contributed by atoms with Crippen molar-refractivity contribution in [2.24, 2.45) is 0 Å². The van der Waals surface area contributed by atoms with E-state index >= 15 is 0 Å². The summed E-state index contributed by atoms with van der Waals surface area (Å²) in [6.45, 7) is 5.42. The number of hydrogen-bond acceptors (Lipinski definition) is 3. The zero-order valence-electron chi connectivity index (χ0n) is 14.0. The van der Waals surface area contributed by atoms with Crippen LogP contribution in [0.3, 0.4) is 0 Å². The molecular formula is C18H21BrN2O3. The average molecular weight is 393 g/mol. The molecule has 0 aliphatic carbocycles. The molecule has 0 saturated carbocycles. The largest absolute Gasteiger partial charge is 0.483 e. The minimum atomic E-state index is -0.348. The number of halogens is 1.